The van der Waals surface area contributed by atoms with Gasteiger partial charge in [0, 0.05) is 32.2 Å². The second kappa shape index (κ2) is 8.55. The summed E-state index contributed by atoms with van der Waals surface area (Å²) in [4.78, 5) is 4.29. The lowest BCUT2D eigenvalue weighted by Crippen LogP contribution is -2.39. The molecule has 0 amide bonds. The van der Waals surface area contributed by atoms with Gasteiger partial charge < -0.3 is 19.8 Å². The highest BCUT2D eigenvalue weighted by atomic mass is 16.5. The van der Waals surface area contributed by atoms with Crippen LogP contribution in [0.2, 0.25) is 0 Å². The number of guanidine groups is 1. The molecule has 128 valence electrons. The van der Waals surface area contributed by atoms with Crippen LogP contribution in [0, 0.1) is 0 Å². The number of benzene rings is 1. The number of ether oxygens (including phenoxy) is 1. The van der Waals surface area contributed by atoms with E-state index in [1.165, 1.54) is 5.56 Å². The van der Waals surface area contributed by atoms with Crippen LogP contribution in [0.3, 0.4) is 0 Å². The van der Waals surface area contributed by atoms with Crippen LogP contribution in [0.25, 0.3) is 0 Å². The molecule has 0 spiro atoms. The molecule has 1 heterocycles. The lowest BCUT2D eigenvalue weighted by Gasteiger charge is -2.12. The molecule has 1 aliphatic rings. The zero-order valence-corrected chi connectivity index (χ0v) is 14.1. The summed E-state index contributed by atoms with van der Waals surface area (Å²) in [6.45, 7) is 2.06. The largest absolute Gasteiger partial charge is 0.467 e. The second-order valence-electron chi connectivity index (χ2n) is 5.99. The van der Waals surface area contributed by atoms with E-state index >= 15 is 0 Å². The Hall–Kier alpha value is -2.27. The van der Waals surface area contributed by atoms with E-state index in [1.54, 1.807) is 6.26 Å². The normalized spacial score (nSPS) is 20.0. The molecule has 0 saturated heterocycles. The SMILES string of the molecule is CN=C(NCCCOCc1ccco1)NC1CC1c1ccccc1. The van der Waals surface area contributed by atoms with Gasteiger partial charge in [-0.2, -0.15) is 0 Å². The molecule has 0 aliphatic heterocycles. The average Bonchev–Trinajstić information content (AvgIpc) is 3.19. The summed E-state index contributed by atoms with van der Waals surface area (Å²) in [6.07, 6.45) is 3.75. The third-order valence-corrected chi connectivity index (χ3v) is 4.15. The van der Waals surface area contributed by atoms with Gasteiger partial charge in [0.05, 0.1) is 6.26 Å². The Morgan fingerprint density at radius 3 is 2.88 bits per heavy atom. The zero-order chi connectivity index (χ0) is 16.6. The van der Waals surface area contributed by atoms with E-state index in [1.807, 2.05) is 19.2 Å². The molecule has 2 unspecified atom stereocenters. The number of furan rings is 1. The zero-order valence-electron chi connectivity index (χ0n) is 14.1. The van der Waals surface area contributed by atoms with Gasteiger partial charge in [0.15, 0.2) is 5.96 Å². The molecule has 1 saturated carbocycles. The van der Waals surface area contributed by atoms with Gasteiger partial charge in [-0.1, -0.05) is 30.3 Å². The molecule has 5 heteroatoms. The Kier molecular flexibility index (Phi) is 5.90. The van der Waals surface area contributed by atoms with Crippen molar-refractivity contribution in [2.24, 2.45) is 4.99 Å². The number of nitrogens with one attached hydrogen (secondary N) is 2. The summed E-state index contributed by atoms with van der Waals surface area (Å²) in [7, 11) is 1.81. The van der Waals surface area contributed by atoms with Gasteiger partial charge in [0.1, 0.15) is 12.4 Å². The van der Waals surface area contributed by atoms with E-state index in [0.29, 0.717) is 25.2 Å². The average molecular weight is 327 g/mol. The van der Waals surface area contributed by atoms with Crippen molar-refractivity contribution in [1.29, 1.82) is 0 Å². The van der Waals surface area contributed by atoms with Crippen molar-refractivity contribution in [2.45, 2.75) is 31.4 Å². The minimum absolute atomic E-state index is 0.480. The molecule has 2 N–H and O–H groups in total. The van der Waals surface area contributed by atoms with Crippen molar-refractivity contribution in [3.8, 4) is 0 Å². The highest BCUT2D eigenvalue weighted by Gasteiger charge is 2.38. The molecule has 3 rings (SSSR count). The lowest BCUT2D eigenvalue weighted by atomic mass is 10.1. The van der Waals surface area contributed by atoms with Gasteiger partial charge in [0.25, 0.3) is 0 Å². The second-order valence-corrected chi connectivity index (χ2v) is 5.99. The fourth-order valence-electron chi connectivity index (χ4n) is 2.74. The molecule has 1 aliphatic carbocycles. The van der Waals surface area contributed by atoms with Crippen molar-refractivity contribution in [3.63, 3.8) is 0 Å². The van der Waals surface area contributed by atoms with E-state index < -0.39 is 0 Å². The maximum Gasteiger partial charge on any atom is 0.191 e. The third kappa shape index (κ3) is 4.86. The van der Waals surface area contributed by atoms with Gasteiger partial charge in [-0.25, -0.2) is 0 Å². The summed E-state index contributed by atoms with van der Waals surface area (Å²) < 4.78 is 10.8. The number of hydrogen-bond donors (Lipinski definition) is 2. The fraction of sp³-hybridized carbons (Fsp3) is 0.421. The first-order valence-corrected chi connectivity index (χ1v) is 8.49. The van der Waals surface area contributed by atoms with Crippen LogP contribution >= 0.6 is 0 Å². The van der Waals surface area contributed by atoms with Crippen molar-refractivity contribution >= 4 is 5.96 Å². The van der Waals surface area contributed by atoms with Crippen LogP contribution in [0.5, 0.6) is 0 Å². The smallest absolute Gasteiger partial charge is 0.191 e. The van der Waals surface area contributed by atoms with E-state index in [0.717, 1.165) is 31.1 Å². The molecule has 24 heavy (non-hydrogen) atoms. The summed E-state index contributed by atoms with van der Waals surface area (Å²) >= 11 is 0. The van der Waals surface area contributed by atoms with Crippen LogP contribution in [0.4, 0.5) is 0 Å². The van der Waals surface area contributed by atoms with E-state index in [9.17, 15) is 0 Å². The maximum absolute atomic E-state index is 5.57. The fourth-order valence-corrected chi connectivity index (χ4v) is 2.74. The Morgan fingerprint density at radius 1 is 1.25 bits per heavy atom. The third-order valence-electron chi connectivity index (χ3n) is 4.15. The summed E-state index contributed by atoms with van der Waals surface area (Å²) in [5.41, 5.74) is 1.40. The maximum atomic E-state index is 5.57. The molecule has 0 radical (unpaired) electrons. The Bertz CT molecular complexity index is 625. The molecule has 5 nitrogen and oxygen atoms in total. The number of hydrogen-bond acceptors (Lipinski definition) is 3. The van der Waals surface area contributed by atoms with E-state index in [-0.39, 0.29) is 0 Å². The summed E-state index contributed by atoms with van der Waals surface area (Å²) in [6, 6.07) is 14.9. The highest BCUT2D eigenvalue weighted by Crippen LogP contribution is 2.40. The quantitative estimate of drug-likeness (QED) is 0.445. The molecule has 1 aromatic heterocycles. The molecule has 1 fully saturated rings. The van der Waals surface area contributed by atoms with Gasteiger partial charge in [-0.3, -0.25) is 4.99 Å². The molecular formula is C19H25N3O2. The van der Waals surface area contributed by atoms with Crippen LogP contribution in [-0.4, -0.2) is 32.2 Å². The number of aliphatic imine (C=N–C) groups is 1. The summed E-state index contributed by atoms with van der Waals surface area (Å²) in [5, 5.41) is 6.83. The standard InChI is InChI=1S/C19H25N3O2/c1-20-19(21-10-6-11-23-14-16-9-5-12-24-16)22-18-13-17(18)15-7-3-2-4-8-15/h2-5,7-9,12,17-18H,6,10-11,13-14H2,1H3,(H2,20,21,22). The molecule has 1 aromatic carbocycles. The van der Waals surface area contributed by atoms with Crippen molar-refractivity contribution in [3.05, 3.63) is 60.1 Å². The van der Waals surface area contributed by atoms with Crippen molar-refractivity contribution in [1.82, 2.24) is 10.6 Å². The topological polar surface area (TPSA) is 58.8 Å². The molecule has 2 aromatic rings. The van der Waals surface area contributed by atoms with Gasteiger partial charge >= 0.3 is 0 Å². The van der Waals surface area contributed by atoms with Crippen LogP contribution in [0.15, 0.2) is 58.1 Å². The van der Waals surface area contributed by atoms with Crippen molar-refractivity contribution in [2.75, 3.05) is 20.2 Å². The van der Waals surface area contributed by atoms with Crippen LogP contribution in [-0.2, 0) is 11.3 Å². The number of nitrogens with zero attached hydrogens (tertiary/aromatic N) is 1. The Morgan fingerprint density at radius 2 is 2.12 bits per heavy atom. The van der Waals surface area contributed by atoms with Gasteiger partial charge in [-0.05, 0) is 30.5 Å². The molecule has 0 bridgehead atoms. The van der Waals surface area contributed by atoms with Gasteiger partial charge in [0.2, 0.25) is 0 Å². The summed E-state index contributed by atoms with van der Waals surface area (Å²) in [5.74, 6) is 2.33. The predicted octanol–water partition coefficient (Wildman–Crippen LogP) is 2.91. The van der Waals surface area contributed by atoms with Crippen LogP contribution < -0.4 is 10.6 Å². The monoisotopic (exact) mass is 327 g/mol. The van der Waals surface area contributed by atoms with Gasteiger partial charge in [-0.15, -0.1) is 0 Å². The lowest BCUT2D eigenvalue weighted by molar-refractivity contribution is 0.105. The predicted molar refractivity (Wildman–Crippen MR) is 95.1 cm³/mol. The number of rotatable bonds is 8. The molecule has 2 atom stereocenters. The van der Waals surface area contributed by atoms with Crippen molar-refractivity contribution < 1.29 is 9.15 Å². The first kappa shape index (κ1) is 16.6. The Labute approximate surface area is 143 Å². The van der Waals surface area contributed by atoms with Crippen LogP contribution in [0.1, 0.15) is 30.1 Å². The van der Waals surface area contributed by atoms with E-state index in [4.69, 9.17) is 9.15 Å². The molecular weight excluding hydrogens is 302 g/mol. The minimum Gasteiger partial charge on any atom is -0.467 e. The first-order valence-electron chi connectivity index (χ1n) is 8.49. The van der Waals surface area contributed by atoms with E-state index in [2.05, 4.69) is 46.0 Å². The highest BCUT2D eigenvalue weighted by molar-refractivity contribution is 5.80. The first-order chi connectivity index (χ1) is 11.9. The Balaban J connectivity index is 1.29. The minimum atomic E-state index is 0.480.